The lowest BCUT2D eigenvalue weighted by Crippen LogP contribution is -2.52. The average molecular weight is 628 g/mol. The first-order chi connectivity index (χ1) is 20.5. The predicted octanol–water partition coefficient (Wildman–Crippen LogP) is 5.34. The van der Waals surface area contributed by atoms with Gasteiger partial charge in [-0.2, -0.15) is 0 Å². The van der Waals surface area contributed by atoms with Crippen LogP contribution in [0.4, 0.5) is 5.69 Å². The fourth-order valence-corrected chi connectivity index (χ4v) is 6.79. The highest BCUT2D eigenvalue weighted by molar-refractivity contribution is 7.92. The molecule has 1 atom stereocenters. The standard InChI is InChI=1S/C32H38ClN3O6S/c1-22-12-14-27(15-13-22)36(43(39,40)28-16-17-29(41-3)30(19-28)42-4)21-31(37)35(20-24-8-7-9-25(33)18-24)23(2)32(38)34-26-10-5-6-11-26/h7-9,12-19,23,26H,5-6,10-11,20-21H2,1-4H3,(H,34,38)/t23-/m1/s1. The monoisotopic (exact) mass is 627 g/mol. The molecule has 0 aliphatic heterocycles. The molecule has 0 aromatic heterocycles. The Morgan fingerprint density at radius 1 is 0.977 bits per heavy atom. The van der Waals surface area contributed by atoms with Crippen LogP contribution in [0.3, 0.4) is 0 Å². The van der Waals surface area contributed by atoms with Gasteiger partial charge in [-0.25, -0.2) is 8.42 Å². The first kappa shape index (κ1) is 32.2. The highest BCUT2D eigenvalue weighted by Gasteiger charge is 2.33. The van der Waals surface area contributed by atoms with Gasteiger partial charge in [0, 0.05) is 23.7 Å². The fraction of sp³-hybridized carbons (Fsp3) is 0.375. The second kappa shape index (κ2) is 14.1. The number of amides is 2. The second-order valence-corrected chi connectivity index (χ2v) is 13.0. The lowest BCUT2D eigenvalue weighted by molar-refractivity contribution is -0.139. The van der Waals surface area contributed by atoms with Crippen molar-refractivity contribution in [2.75, 3.05) is 25.1 Å². The SMILES string of the molecule is COc1ccc(S(=O)(=O)N(CC(=O)N(Cc2cccc(Cl)c2)[C@H](C)C(=O)NC2CCCC2)c2ccc(C)cc2)cc1OC. The third-order valence-electron chi connectivity index (χ3n) is 7.65. The molecule has 0 spiro atoms. The molecule has 3 aromatic rings. The van der Waals surface area contributed by atoms with E-state index in [9.17, 15) is 18.0 Å². The van der Waals surface area contributed by atoms with Crippen molar-refractivity contribution >= 4 is 39.1 Å². The Labute approximate surface area is 258 Å². The summed E-state index contributed by atoms with van der Waals surface area (Å²) in [5.41, 5.74) is 1.95. The fourth-order valence-electron chi connectivity index (χ4n) is 5.15. The molecule has 1 saturated carbocycles. The summed E-state index contributed by atoms with van der Waals surface area (Å²) in [7, 11) is -1.39. The van der Waals surface area contributed by atoms with Gasteiger partial charge in [-0.1, -0.05) is 54.3 Å². The molecule has 1 aliphatic carbocycles. The number of sulfonamides is 1. The van der Waals surface area contributed by atoms with Gasteiger partial charge in [-0.05, 0) is 68.7 Å². The van der Waals surface area contributed by atoms with Crippen molar-refractivity contribution in [3.8, 4) is 11.5 Å². The van der Waals surface area contributed by atoms with Crippen molar-refractivity contribution in [1.29, 1.82) is 0 Å². The summed E-state index contributed by atoms with van der Waals surface area (Å²) in [6.45, 7) is 3.07. The number of hydrogen-bond acceptors (Lipinski definition) is 6. The molecule has 0 saturated heterocycles. The zero-order valence-corrected chi connectivity index (χ0v) is 26.5. The number of aryl methyl sites for hydroxylation is 1. The van der Waals surface area contributed by atoms with Crippen LogP contribution >= 0.6 is 11.6 Å². The molecule has 0 bridgehead atoms. The highest BCUT2D eigenvalue weighted by Crippen LogP contribution is 2.32. The van der Waals surface area contributed by atoms with E-state index < -0.39 is 28.5 Å². The Hall–Kier alpha value is -3.76. The van der Waals surface area contributed by atoms with Crippen LogP contribution in [0.2, 0.25) is 5.02 Å². The van der Waals surface area contributed by atoms with E-state index in [0.717, 1.165) is 35.6 Å². The molecular formula is C32H38ClN3O6S. The molecule has 230 valence electrons. The number of carbonyl (C=O) groups excluding carboxylic acids is 2. The number of ether oxygens (including phenoxy) is 2. The highest BCUT2D eigenvalue weighted by atomic mass is 35.5. The largest absolute Gasteiger partial charge is 0.493 e. The normalized spacial score (nSPS) is 14.2. The number of benzene rings is 3. The van der Waals surface area contributed by atoms with E-state index in [1.807, 2.05) is 13.0 Å². The first-order valence-corrected chi connectivity index (χ1v) is 16.0. The number of anilines is 1. The number of hydrogen-bond donors (Lipinski definition) is 1. The summed E-state index contributed by atoms with van der Waals surface area (Å²) in [6.07, 6.45) is 3.88. The van der Waals surface area contributed by atoms with Crippen molar-refractivity contribution in [3.05, 3.63) is 82.9 Å². The number of rotatable bonds is 12. The maximum atomic E-state index is 14.1. The van der Waals surface area contributed by atoms with Crippen molar-refractivity contribution in [2.24, 2.45) is 0 Å². The molecule has 0 unspecified atom stereocenters. The van der Waals surface area contributed by atoms with E-state index in [4.69, 9.17) is 21.1 Å². The lowest BCUT2D eigenvalue weighted by Gasteiger charge is -2.32. The molecule has 1 N–H and O–H groups in total. The zero-order valence-electron chi connectivity index (χ0n) is 24.9. The number of nitrogens with one attached hydrogen (secondary N) is 1. The van der Waals surface area contributed by atoms with Crippen LogP contribution < -0.4 is 19.1 Å². The van der Waals surface area contributed by atoms with Gasteiger partial charge in [-0.15, -0.1) is 0 Å². The van der Waals surface area contributed by atoms with E-state index in [2.05, 4.69) is 5.32 Å². The topological polar surface area (TPSA) is 105 Å². The molecule has 11 heteroatoms. The van der Waals surface area contributed by atoms with Crippen LogP contribution in [-0.4, -0.2) is 58.0 Å². The quantitative estimate of drug-likeness (QED) is 0.291. The molecule has 0 radical (unpaired) electrons. The van der Waals surface area contributed by atoms with Crippen molar-refractivity contribution < 1.29 is 27.5 Å². The zero-order chi connectivity index (χ0) is 31.1. The van der Waals surface area contributed by atoms with E-state index in [0.29, 0.717) is 22.0 Å². The number of methoxy groups -OCH3 is 2. The smallest absolute Gasteiger partial charge is 0.264 e. The molecule has 43 heavy (non-hydrogen) atoms. The summed E-state index contributed by atoms with van der Waals surface area (Å²) in [4.78, 5) is 28.8. The van der Waals surface area contributed by atoms with Gasteiger partial charge < -0.3 is 19.7 Å². The molecule has 1 aliphatic rings. The third-order valence-corrected chi connectivity index (χ3v) is 9.66. The summed E-state index contributed by atoms with van der Waals surface area (Å²) in [5, 5.41) is 3.56. The number of halogens is 1. The molecule has 4 rings (SSSR count). The maximum absolute atomic E-state index is 14.1. The summed E-state index contributed by atoms with van der Waals surface area (Å²) >= 11 is 6.23. The van der Waals surface area contributed by atoms with Gasteiger partial charge in [0.05, 0.1) is 24.8 Å². The predicted molar refractivity (Wildman–Crippen MR) is 167 cm³/mol. The Kier molecular flexibility index (Phi) is 10.6. The number of nitrogens with zero attached hydrogens (tertiary/aromatic N) is 2. The summed E-state index contributed by atoms with van der Waals surface area (Å²) in [6, 6.07) is 17.4. The lowest BCUT2D eigenvalue weighted by atomic mass is 10.1. The van der Waals surface area contributed by atoms with E-state index in [1.165, 1.54) is 37.3 Å². The minimum atomic E-state index is -4.27. The van der Waals surface area contributed by atoms with E-state index >= 15 is 0 Å². The van der Waals surface area contributed by atoms with E-state index in [-0.39, 0.29) is 29.1 Å². The van der Waals surface area contributed by atoms with E-state index in [1.54, 1.807) is 49.4 Å². The number of carbonyl (C=O) groups is 2. The summed E-state index contributed by atoms with van der Waals surface area (Å²) in [5.74, 6) is -0.224. The molecule has 9 nitrogen and oxygen atoms in total. The maximum Gasteiger partial charge on any atom is 0.264 e. The molecule has 2 amide bonds. The van der Waals surface area contributed by atoms with Crippen molar-refractivity contribution in [3.63, 3.8) is 0 Å². The first-order valence-electron chi connectivity index (χ1n) is 14.2. The van der Waals surface area contributed by atoms with Crippen LogP contribution in [0.1, 0.15) is 43.7 Å². The van der Waals surface area contributed by atoms with Crippen molar-refractivity contribution in [1.82, 2.24) is 10.2 Å². The van der Waals surface area contributed by atoms with Gasteiger partial charge in [-0.3, -0.25) is 13.9 Å². The molecule has 1 fully saturated rings. The molecule has 0 heterocycles. The van der Waals surface area contributed by atoms with Crippen LogP contribution in [0, 0.1) is 6.92 Å². The Morgan fingerprint density at radius 2 is 1.65 bits per heavy atom. The Bertz CT molecular complexity index is 1540. The van der Waals surface area contributed by atoms with Gasteiger partial charge in [0.15, 0.2) is 11.5 Å². The van der Waals surface area contributed by atoms with Gasteiger partial charge >= 0.3 is 0 Å². The van der Waals surface area contributed by atoms with Crippen LogP contribution in [0.15, 0.2) is 71.6 Å². The van der Waals surface area contributed by atoms with Crippen molar-refractivity contribution in [2.45, 2.75) is 63.1 Å². The Balaban J connectivity index is 1.71. The Morgan fingerprint density at radius 3 is 2.28 bits per heavy atom. The van der Waals surface area contributed by atoms with Gasteiger partial charge in [0.25, 0.3) is 10.0 Å². The molecular weight excluding hydrogens is 590 g/mol. The van der Waals surface area contributed by atoms with Crippen LogP contribution in [0.25, 0.3) is 0 Å². The summed E-state index contributed by atoms with van der Waals surface area (Å²) < 4.78 is 40.0. The van der Waals surface area contributed by atoms with Crippen LogP contribution in [-0.2, 0) is 26.2 Å². The minimum Gasteiger partial charge on any atom is -0.493 e. The van der Waals surface area contributed by atoms with Crippen LogP contribution in [0.5, 0.6) is 11.5 Å². The third kappa shape index (κ3) is 7.80. The van der Waals surface area contributed by atoms with Gasteiger partial charge in [0.1, 0.15) is 12.6 Å². The molecule has 3 aromatic carbocycles. The second-order valence-electron chi connectivity index (χ2n) is 10.7. The average Bonchev–Trinajstić information content (AvgIpc) is 3.51. The van der Waals surface area contributed by atoms with Gasteiger partial charge in [0.2, 0.25) is 11.8 Å². The minimum absolute atomic E-state index is 0.0626.